The number of benzene rings is 1. The Hall–Kier alpha value is -1.06. The predicted molar refractivity (Wildman–Crippen MR) is 86.8 cm³/mol. The van der Waals surface area contributed by atoms with Crippen molar-refractivity contribution in [3.05, 3.63) is 28.8 Å². The molecule has 21 heavy (non-hydrogen) atoms. The number of nitrogens with two attached hydrogens (primary N) is 1. The number of aryl methyl sites for hydroxylation is 2. The number of methoxy groups -OCH3 is 2. The van der Waals surface area contributed by atoms with Crippen LogP contribution in [0.5, 0.6) is 5.75 Å². The van der Waals surface area contributed by atoms with Gasteiger partial charge in [-0.05, 0) is 49.8 Å². The van der Waals surface area contributed by atoms with Crippen molar-refractivity contribution in [1.29, 1.82) is 0 Å². The summed E-state index contributed by atoms with van der Waals surface area (Å²) < 4.78 is 11.4. The predicted octanol–water partition coefficient (Wildman–Crippen LogP) is 3.91. The highest BCUT2D eigenvalue weighted by molar-refractivity contribution is 5.45. The second-order valence-corrected chi connectivity index (χ2v) is 6.32. The topological polar surface area (TPSA) is 44.5 Å². The van der Waals surface area contributed by atoms with Gasteiger partial charge in [0.2, 0.25) is 0 Å². The first-order chi connectivity index (χ1) is 10.1. The average molecular weight is 291 g/mol. The van der Waals surface area contributed by atoms with Crippen LogP contribution in [0.1, 0.15) is 54.8 Å². The summed E-state index contributed by atoms with van der Waals surface area (Å²) in [4.78, 5) is 0. The van der Waals surface area contributed by atoms with E-state index in [0.717, 1.165) is 11.3 Å². The standard InChI is InChI=1S/C18H29NO2/c1-12-10-13(2)16(15(11-12)20-3)17(19)18(21-4)14-8-6-5-7-9-14/h10-11,14,17-18H,5-9,19H2,1-4H3. The van der Waals surface area contributed by atoms with Crippen molar-refractivity contribution in [3.63, 3.8) is 0 Å². The Kier molecular flexibility index (Phi) is 5.65. The molecule has 1 aromatic rings. The van der Waals surface area contributed by atoms with Crippen molar-refractivity contribution >= 4 is 0 Å². The Balaban J connectivity index is 2.30. The summed E-state index contributed by atoms with van der Waals surface area (Å²) in [5, 5.41) is 0. The first-order valence-electron chi connectivity index (χ1n) is 8.02. The molecule has 1 aromatic carbocycles. The van der Waals surface area contributed by atoms with E-state index in [1.165, 1.54) is 43.2 Å². The lowest BCUT2D eigenvalue weighted by molar-refractivity contribution is 0.0166. The zero-order valence-corrected chi connectivity index (χ0v) is 13.8. The fourth-order valence-corrected chi connectivity index (χ4v) is 3.80. The van der Waals surface area contributed by atoms with E-state index in [9.17, 15) is 0 Å². The van der Waals surface area contributed by atoms with Gasteiger partial charge < -0.3 is 15.2 Å². The molecule has 0 heterocycles. The van der Waals surface area contributed by atoms with Crippen LogP contribution in [-0.2, 0) is 4.74 Å². The maximum atomic E-state index is 6.60. The van der Waals surface area contributed by atoms with Crippen LogP contribution in [0.25, 0.3) is 0 Å². The van der Waals surface area contributed by atoms with Crippen LogP contribution >= 0.6 is 0 Å². The van der Waals surface area contributed by atoms with Crippen LogP contribution in [0.4, 0.5) is 0 Å². The zero-order valence-electron chi connectivity index (χ0n) is 13.8. The molecular weight excluding hydrogens is 262 g/mol. The fraction of sp³-hybridized carbons (Fsp3) is 0.667. The van der Waals surface area contributed by atoms with Crippen LogP contribution in [-0.4, -0.2) is 20.3 Å². The number of rotatable bonds is 5. The summed E-state index contributed by atoms with van der Waals surface area (Å²) in [6.07, 6.45) is 6.44. The molecule has 3 nitrogen and oxygen atoms in total. The van der Waals surface area contributed by atoms with Gasteiger partial charge >= 0.3 is 0 Å². The molecule has 1 fully saturated rings. The molecule has 0 spiro atoms. The SMILES string of the molecule is COc1cc(C)cc(C)c1C(N)C(OC)C1CCCCC1. The summed E-state index contributed by atoms with van der Waals surface area (Å²) in [7, 11) is 3.50. The summed E-state index contributed by atoms with van der Waals surface area (Å²) >= 11 is 0. The van der Waals surface area contributed by atoms with Crippen LogP contribution in [0, 0.1) is 19.8 Å². The van der Waals surface area contributed by atoms with Crippen molar-refractivity contribution < 1.29 is 9.47 Å². The molecule has 0 bridgehead atoms. The third kappa shape index (κ3) is 3.58. The molecule has 118 valence electrons. The van der Waals surface area contributed by atoms with Crippen LogP contribution < -0.4 is 10.5 Å². The molecule has 2 rings (SSSR count). The second-order valence-electron chi connectivity index (χ2n) is 6.32. The lowest BCUT2D eigenvalue weighted by Gasteiger charge is -2.34. The largest absolute Gasteiger partial charge is 0.496 e. The van der Waals surface area contributed by atoms with Crippen molar-refractivity contribution in [1.82, 2.24) is 0 Å². The minimum atomic E-state index is -0.131. The van der Waals surface area contributed by atoms with E-state index >= 15 is 0 Å². The molecule has 2 atom stereocenters. The summed E-state index contributed by atoms with van der Waals surface area (Å²) in [6, 6.07) is 4.11. The molecule has 1 saturated carbocycles. The van der Waals surface area contributed by atoms with Gasteiger partial charge in [0.1, 0.15) is 5.75 Å². The maximum Gasteiger partial charge on any atom is 0.124 e. The maximum absolute atomic E-state index is 6.60. The molecule has 3 heteroatoms. The first-order valence-corrected chi connectivity index (χ1v) is 8.02. The Morgan fingerprint density at radius 1 is 1.10 bits per heavy atom. The Morgan fingerprint density at radius 2 is 1.76 bits per heavy atom. The van der Waals surface area contributed by atoms with Gasteiger partial charge in [-0.3, -0.25) is 0 Å². The highest BCUT2D eigenvalue weighted by Gasteiger charge is 2.31. The normalized spacial score (nSPS) is 19.3. The molecule has 2 unspecified atom stereocenters. The number of hydrogen-bond acceptors (Lipinski definition) is 3. The molecule has 0 aliphatic heterocycles. The van der Waals surface area contributed by atoms with Gasteiger partial charge in [0.25, 0.3) is 0 Å². The highest BCUT2D eigenvalue weighted by Crippen LogP contribution is 2.37. The van der Waals surface area contributed by atoms with Crippen LogP contribution in [0.3, 0.4) is 0 Å². The van der Waals surface area contributed by atoms with E-state index < -0.39 is 0 Å². The number of hydrogen-bond donors (Lipinski definition) is 1. The van der Waals surface area contributed by atoms with Crippen molar-refractivity contribution in [2.75, 3.05) is 14.2 Å². The second kappa shape index (κ2) is 7.28. The third-order valence-electron chi connectivity index (χ3n) is 4.79. The minimum Gasteiger partial charge on any atom is -0.496 e. The Morgan fingerprint density at radius 3 is 2.33 bits per heavy atom. The highest BCUT2D eigenvalue weighted by atomic mass is 16.5. The monoisotopic (exact) mass is 291 g/mol. The Bertz CT molecular complexity index is 467. The van der Waals surface area contributed by atoms with Gasteiger partial charge in [-0.2, -0.15) is 0 Å². The molecule has 1 aliphatic rings. The van der Waals surface area contributed by atoms with Crippen molar-refractivity contribution in [3.8, 4) is 5.75 Å². The van der Waals surface area contributed by atoms with Crippen LogP contribution in [0.15, 0.2) is 12.1 Å². The van der Waals surface area contributed by atoms with E-state index in [-0.39, 0.29) is 12.1 Å². The lowest BCUT2D eigenvalue weighted by Crippen LogP contribution is -2.36. The van der Waals surface area contributed by atoms with E-state index in [4.69, 9.17) is 15.2 Å². The summed E-state index contributed by atoms with van der Waals surface area (Å²) in [5.41, 5.74) is 10.1. The summed E-state index contributed by atoms with van der Waals surface area (Å²) in [6.45, 7) is 4.19. The van der Waals surface area contributed by atoms with Crippen LogP contribution in [0.2, 0.25) is 0 Å². The van der Waals surface area contributed by atoms with E-state index in [2.05, 4.69) is 26.0 Å². The minimum absolute atomic E-state index is 0.0700. The van der Waals surface area contributed by atoms with Crippen molar-refractivity contribution in [2.45, 2.75) is 58.1 Å². The average Bonchev–Trinajstić information content (AvgIpc) is 2.48. The molecule has 0 aromatic heterocycles. The van der Waals surface area contributed by atoms with Gasteiger partial charge in [0.05, 0.1) is 19.3 Å². The quantitative estimate of drug-likeness (QED) is 0.894. The molecule has 0 saturated heterocycles. The smallest absolute Gasteiger partial charge is 0.124 e. The van der Waals surface area contributed by atoms with Gasteiger partial charge in [0, 0.05) is 12.7 Å². The van der Waals surface area contributed by atoms with E-state index in [1.807, 2.05) is 0 Å². The fourth-order valence-electron chi connectivity index (χ4n) is 3.80. The molecule has 0 amide bonds. The molecule has 2 N–H and O–H groups in total. The molecule has 0 radical (unpaired) electrons. The van der Waals surface area contributed by atoms with E-state index in [1.54, 1.807) is 14.2 Å². The summed E-state index contributed by atoms with van der Waals surface area (Å²) in [5.74, 6) is 1.45. The first kappa shape index (κ1) is 16.3. The van der Waals surface area contributed by atoms with Crippen molar-refractivity contribution in [2.24, 2.45) is 11.7 Å². The number of ether oxygens (including phenoxy) is 2. The van der Waals surface area contributed by atoms with Gasteiger partial charge in [-0.1, -0.05) is 25.3 Å². The molecular formula is C18H29NO2. The molecule has 1 aliphatic carbocycles. The van der Waals surface area contributed by atoms with Gasteiger partial charge in [-0.15, -0.1) is 0 Å². The Labute approximate surface area is 128 Å². The van der Waals surface area contributed by atoms with Gasteiger partial charge in [-0.25, -0.2) is 0 Å². The van der Waals surface area contributed by atoms with Gasteiger partial charge in [0.15, 0.2) is 0 Å². The van der Waals surface area contributed by atoms with E-state index in [0.29, 0.717) is 5.92 Å². The lowest BCUT2D eigenvalue weighted by atomic mass is 9.80. The third-order valence-corrected chi connectivity index (χ3v) is 4.79. The zero-order chi connectivity index (χ0) is 15.4.